The summed E-state index contributed by atoms with van der Waals surface area (Å²) in [5, 5.41) is 0. The molecule has 0 aliphatic carbocycles. The molecule has 0 amide bonds. The van der Waals surface area contributed by atoms with Crippen LogP contribution in [0.2, 0.25) is 0 Å². The van der Waals surface area contributed by atoms with Crippen LogP contribution in [0.4, 0.5) is 0 Å². The Balaban J connectivity index is 3.15. The third-order valence-electron chi connectivity index (χ3n) is 6.17. The third-order valence-corrected chi connectivity index (χ3v) is 6.17. The number of ether oxygens (including phenoxy) is 1. The number of esters is 1. The molecule has 0 saturated carbocycles. The van der Waals surface area contributed by atoms with Gasteiger partial charge >= 0.3 is 5.97 Å². The van der Waals surface area contributed by atoms with E-state index in [1.165, 1.54) is 122 Å². The fourth-order valence-electron chi connectivity index (χ4n) is 4.08. The average Bonchev–Trinajstić information content (AvgIpc) is 2.72. The second-order valence-electron chi connectivity index (χ2n) is 9.87. The van der Waals surface area contributed by atoms with Gasteiger partial charge in [0.2, 0.25) is 0 Å². The summed E-state index contributed by atoms with van der Waals surface area (Å²) in [6.07, 6.45) is 28.4. The summed E-state index contributed by atoms with van der Waals surface area (Å²) in [5.74, 6) is 0.875. The first-order valence-electron chi connectivity index (χ1n) is 13.8. The highest BCUT2D eigenvalue weighted by Crippen LogP contribution is 2.14. The fourth-order valence-corrected chi connectivity index (χ4v) is 4.08. The van der Waals surface area contributed by atoms with E-state index in [0.717, 1.165) is 18.8 Å². The van der Waals surface area contributed by atoms with E-state index in [-0.39, 0.29) is 5.97 Å². The highest BCUT2D eigenvalue weighted by atomic mass is 16.5. The predicted molar refractivity (Wildman–Crippen MR) is 133 cm³/mol. The van der Waals surface area contributed by atoms with Gasteiger partial charge < -0.3 is 4.74 Å². The molecule has 180 valence electrons. The molecule has 0 bridgehead atoms. The van der Waals surface area contributed by atoms with E-state index in [1.54, 1.807) is 0 Å². The molecule has 0 radical (unpaired) electrons. The van der Waals surface area contributed by atoms with Crippen molar-refractivity contribution < 1.29 is 9.53 Å². The zero-order valence-electron chi connectivity index (χ0n) is 21.2. The zero-order valence-corrected chi connectivity index (χ0v) is 21.2. The van der Waals surface area contributed by atoms with E-state index >= 15 is 0 Å². The van der Waals surface area contributed by atoms with Gasteiger partial charge in [0.1, 0.15) is 0 Å². The molecule has 0 saturated heterocycles. The number of hydrogen-bond donors (Lipinski definition) is 0. The van der Waals surface area contributed by atoms with E-state index in [2.05, 4.69) is 20.8 Å². The van der Waals surface area contributed by atoms with Gasteiger partial charge in [-0.15, -0.1) is 0 Å². The maximum Gasteiger partial charge on any atom is 0.305 e. The van der Waals surface area contributed by atoms with E-state index in [1.807, 2.05) is 0 Å². The molecular weight excluding hydrogens is 368 g/mol. The van der Waals surface area contributed by atoms with Crippen LogP contribution < -0.4 is 0 Å². The lowest BCUT2D eigenvalue weighted by Gasteiger charge is -2.06. The van der Waals surface area contributed by atoms with Crippen LogP contribution in [0.3, 0.4) is 0 Å². The Hall–Kier alpha value is -0.530. The number of hydrogen-bond acceptors (Lipinski definition) is 2. The summed E-state index contributed by atoms with van der Waals surface area (Å²) in [5.41, 5.74) is 0. The summed E-state index contributed by atoms with van der Waals surface area (Å²) >= 11 is 0. The van der Waals surface area contributed by atoms with Gasteiger partial charge in [-0.3, -0.25) is 4.79 Å². The van der Waals surface area contributed by atoms with Crippen LogP contribution >= 0.6 is 0 Å². The van der Waals surface area contributed by atoms with Crippen molar-refractivity contribution in [2.45, 2.75) is 162 Å². The van der Waals surface area contributed by atoms with Crippen molar-refractivity contribution in [3.05, 3.63) is 0 Å². The van der Waals surface area contributed by atoms with Gasteiger partial charge in [0.15, 0.2) is 0 Å². The number of unbranched alkanes of at least 4 members (excludes halogenated alkanes) is 18. The first kappa shape index (κ1) is 29.5. The Morgan fingerprint density at radius 2 is 0.967 bits per heavy atom. The fraction of sp³-hybridized carbons (Fsp3) is 0.964. The molecule has 0 unspecified atom stereocenters. The van der Waals surface area contributed by atoms with Gasteiger partial charge in [-0.1, -0.05) is 143 Å². The van der Waals surface area contributed by atoms with E-state index in [0.29, 0.717) is 13.0 Å². The van der Waals surface area contributed by atoms with Crippen LogP contribution in [-0.4, -0.2) is 12.6 Å². The normalized spacial score (nSPS) is 11.3. The number of carbonyl (C=O) groups excluding carboxylic acids is 1. The van der Waals surface area contributed by atoms with Crippen molar-refractivity contribution in [2.75, 3.05) is 6.61 Å². The summed E-state index contributed by atoms with van der Waals surface area (Å²) < 4.78 is 5.39. The first-order valence-corrected chi connectivity index (χ1v) is 13.8. The summed E-state index contributed by atoms with van der Waals surface area (Å²) in [7, 11) is 0. The van der Waals surface area contributed by atoms with Gasteiger partial charge in [0.25, 0.3) is 0 Å². The molecule has 30 heavy (non-hydrogen) atoms. The topological polar surface area (TPSA) is 26.3 Å². The average molecular weight is 425 g/mol. The largest absolute Gasteiger partial charge is 0.466 e. The molecule has 0 aromatic heterocycles. The van der Waals surface area contributed by atoms with Crippen LogP contribution in [0.15, 0.2) is 0 Å². The van der Waals surface area contributed by atoms with E-state index in [9.17, 15) is 4.79 Å². The Kier molecular flexibility index (Phi) is 24.3. The van der Waals surface area contributed by atoms with Crippen LogP contribution in [0.5, 0.6) is 0 Å². The Labute approximate surface area is 190 Å². The predicted octanol–water partition coefficient (Wildman–Crippen LogP) is 9.79. The van der Waals surface area contributed by atoms with Crippen LogP contribution in [-0.2, 0) is 9.53 Å². The van der Waals surface area contributed by atoms with Crippen LogP contribution in [0.1, 0.15) is 162 Å². The number of rotatable bonds is 24. The molecule has 0 rings (SSSR count). The SMILES string of the molecule is CCCCCCCCCCCCCCC(=O)OCCCCCCCCCCC(C)C. The Morgan fingerprint density at radius 3 is 1.43 bits per heavy atom. The minimum absolute atomic E-state index is 0.0206. The maximum absolute atomic E-state index is 11.8. The molecule has 2 heteroatoms. The third kappa shape index (κ3) is 25.5. The summed E-state index contributed by atoms with van der Waals surface area (Å²) in [6.45, 7) is 7.53. The van der Waals surface area contributed by atoms with Crippen molar-refractivity contribution in [1.29, 1.82) is 0 Å². The van der Waals surface area contributed by atoms with Crippen LogP contribution in [0.25, 0.3) is 0 Å². The molecule has 0 aromatic rings. The molecule has 0 spiro atoms. The lowest BCUT2D eigenvalue weighted by molar-refractivity contribution is -0.143. The molecular formula is C28H56O2. The Morgan fingerprint density at radius 1 is 0.567 bits per heavy atom. The van der Waals surface area contributed by atoms with Crippen molar-refractivity contribution in [3.8, 4) is 0 Å². The standard InChI is InChI=1S/C28H56O2/c1-4-5-6-7-8-9-10-11-12-16-19-22-25-28(29)30-26-23-20-17-14-13-15-18-21-24-27(2)3/h27H,4-26H2,1-3H3. The monoisotopic (exact) mass is 424 g/mol. The van der Waals surface area contributed by atoms with Gasteiger partial charge in [0.05, 0.1) is 6.61 Å². The minimum atomic E-state index is 0.0206. The van der Waals surface area contributed by atoms with Crippen molar-refractivity contribution >= 4 is 5.97 Å². The quantitative estimate of drug-likeness (QED) is 0.114. The molecule has 0 aliphatic heterocycles. The number of carbonyl (C=O) groups is 1. The summed E-state index contributed by atoms with van der Waals surface area (Å²) in [4.78, 5) is 11.8. The van der Waals surface area contributed by atoms with Crippen molar-refractivity contribution in [3.63, 3.8) is 0 Å². The molecule has 2 nitrogen and oxygen atoms in total. The second-order valence-corrected chi connectivity index (χ2v) is 9.87. The lowest BCUT2D eigenvalue weighted by Crippen LogP contribution is -2.05. The highest BCUT2D eigenvalue weighted by Gasteiger charge is 2.02. The van der Waals surface area contributed by atoms with Crippen LogP contribution in [0, 0.1) is 5.92 Å². The van der Waals surface area contributed by atoms with Crippen molar-refractivity contribution in [1.82, 2.24) is 0 Å². The van der Waals surface area contributed by atoms with E-state index < -0.39 is 0 Å². The van der Waals surface area contributed by atoms with Crippen molar-refractivity contribution in [2.24, 2.45) is 5.92 Å². The summed E-state index contributed by atoms with van der Waals surface area (Å²) in [6, 6.07) is 0. The highest BCUT2D eigenvalue weighted by molar-refractivity contribution is 5.69. The molecule has 0 N–H and O–H groups in total. The molecule has 0 aromatic carbocycles. The first-order chi connectivity index (χ1) is 14.7. The minimum Gasteiger partial charge on any atom is -0.466 e. The van der Waals surface area contributed by atoms with Gasteiger partial charge in [-0.05, 0) is 18.8 Å². The van der Waals surface area contributed by atoms with Gasteiger partial charge in [0, 0.05) is 6.42 Å². The lowest BCUT2D eigenvalue weighted by atomic mass is 10.0. The maximum atomic E-state index is 11.8. The Bertz CT molecular complexity index is 338. The molecule has 0 heterocycles. The van der Waals surface area contributed by atoms with E-state index in [4.69, 9.17) is 4.74 Å². The van der Waals surface area contributed by atoms with Gasteiger partial charge in [-0.25, -0.2) is 0 Å². The molecule has 0 fully saturated rings. The zero-order chi connectivity index (χ0) is 22.1. The second kappa shape index (κ2) is 24.7. The molecule has 0 atom stereocenters. The molecule has 0 aliphatic rings. The van der Waals surface area contributed by atoms with Gasteiger partial charge in [-0.2, -0.15) is 0 Å². The smallest absolute Gasteiger partial charge is 0.305 e.